The van der Waals surface area contributed by atoms with Crippen LogP contribution in [0, 0.1) is 0 Å². The van der Waals surface area contributed by atoms with Gasteiger partial charge in [-0.2, -0.15) is 0 Å². The van der Waals surface area contributed by atoms with E-state index in [4.69, 9.17) is 5.11 Å². The summed E-state index contributed by atoms with van der Waals surface area (Å²) in [6.45, 7) is 5.11. The molecule has 13 heavy (non-hydrogen) atoms. The first-order chi connectivity index (χ1) is 6.11. The third-order valence-corrected chi connectivity index (χ3v) is 1.66. The highest BCUT2D eigenvalue weighted by Crippen LogP contribution is 1.90. The van der Waals surface area contributed by atoms with E-state index in [2.05, 4.69) is 6.58 Å². The molecule has 0 unspecified atom stereocenters. The molecule has 0 radical (unpaired) electrons. The maximum absolute atomic E-state index is 11.3. The molecule has 0 rings (SSSR count). The molecular weight excluding hydrogens is 168 g/mol. The molecule has 0 spiro atoms. The number of nitrogens with zero attached hydrogens (tertiary/aromatic N) is 2. The molecular formula is C9H18N2O2. The van der Waals surface area contributed by atoms with Crippen LogP contribution in [0.25, 0.3) is 0 Å². The van der Waals surface area contributed by atoms with Gasteiger partial charge in [0.05, 0.1) is 13.2 Å². The third kappa shape index (κ3) is 5.38. The van der Waals surface area contributed by atoms with Crippen molar-refractivity contribution in [1.29, 1.82) is 0 Å². The molecule has 76 valence electrons. The van der Waals surface area contributed by atoms with Crippen molar-refractivity contribution in [2.24, 2.45) is 0 Å². The summed E-state index contributed by atoms with van der Waals surface area (Å²) in [7, 11) is 3.43. The molecule has 0 aliphatic rings. The van der Waals surface area contributed by atoms with Gasteiger partial charge in [0, 0.05) is 27.2 Å². The molecule has 0 fully saturated rings. The number of likely N-dealkylation sites (N-methyl/N-ethyl adjacent to an activating group) is 1. The van der Waals surface area contributed by atoms with E-state index in [1.165, 1.54) is 4.90 Å². The monoisotopic (exact) mass is 186 g/mol. The molecule has 0 aromatic heterocycles. The van der Waals surface area contributed by atoms with Crippen LogP contribution in [-0.4, -0.2) is 61.2 Å². The van der Waals surface area contributed by atoms with Gasteiger partial charge in [-0.3, -0.25) is 9.69 Å². The van der Waals surface area contributed by atoms with E-state index in [0.717, 1.165) is 0 Å². The lowest BCUT2D eigenvalue weighted by molar-refractivity contribution is -0.129. The van der Waals surface area contributed by atoms with Gasteiger partial charge in [-0.15, -0.1) is 6.58 Å². The summed E-state index contributed by atoms with van der Waals surface area (Å²) in [6, 6.07) is 0. The average molecular weight is 186 g/mol. The summed E-state index contributed by atoms with van der Waals surface area (Å²) in [5.41, 5.74) is 0. The summed E-state index contributed by atoms with van der Waals surface area (Å²) >= 11 is 0. The van der Waals surface area contributed by atoms with E-state index in [1.807, 2.05) is 4.90 Å². The second-order valence-corrected chi connectivity index (χ2v) is 3.04. The summed E-state index contributed by atoms with van der Waals surface area (Å²) in [4.78, 5) is 14.6. The fourth-order valence-corrected chi connectivity index (χ4v) is 0.892. The smallest absolute Gasteiger partial charge is 0.236 e. The predicted octanol–water partition coefficient (Wildman–Crippen LogP) is -0.445. The molecule has 0 aromatic carbocycles. The first kappa shape index (κ1) is 12.1. The van der Waals surface area contributed by atoms with Gasteiger partial charge in [-0.05, 0) is 0 Å². The van der Waals surface area contributed by atoms with E-state index in [0.29, 0.717) is 19.6 Å². The van der Waals surface area contributed by atoms with E-state index in [9.17, 15) is 4.79 Å². The van der Waals surface area contributed by atoms with Crippen LogP contribution in [0.3, 0.4) is 0 Å². The fraction of sp³-hybridized carbons (Fsp3) is 0.667. The first-order valence-corrected chi connectivity index (χ1v) is 4.26. The number of hydrogen-bond acceptors (Lipinski definition) is 3. The largest absolute Gasteiger partial charge is 0.395 e. The molecule has 0 aromatic rings. The minimum absolute atomic E-state index is 0.0373. The minimum atomic E-state index is 0.0373. The summed E-state index contributed by atoms with van der Waals surface area (Å²) in [5, 5.41) is 8.71. The Bertz CT molecular complexity index is 169. The van der Waals surface area contributed by atoms with Crippen molar-refractivity contribution in [3.8, 4) is 0 Å². The number of carbonyl (C=O) groups is 1. The number of hydrogen-bond donors (Lipinski definition) is 1. The zero-order valence-corrected chi connectivity index (χ0v) is 8.36. The normalized spacial score (nSPS) is 10.2. The van der Waals surface area contributed by atoms with Crippen molar-refractivity contribution in [1.82, 2.24) is 9.80 Å². The Morgan fingerprint density at radius 1 is 1.54 bits per heavy atom. The van der Waals surface area contributed by atoms with Gasteiger partial charge >= 0.3 is 0 Å². The van der Waals surface area contributed by atoms with Crippen molar-refractivity contribution >= 4 is 5.91 Å². The van der Waals surface area contributed by atoms with Crippen molar-refractivity contribution < 1.29 is 9.90 Å². The molecule has 0 atom stereocenters. The molecule has 0 aliphatic heterocycles. The lowest BCUT2D eigenvalue weighted by Gasteiger charge is -2.20. The van der Waals surface area contributed by atoms with Crippen LogP contribution in [0.4, 0.5) is 0 Å². The maximum atomic E-state index is 11.3. The van der Waals surface area contributed by atoms with Gasteiger partial charge in [0.2, 0.25) is 5.91 Å². The van der Waals surface area contributed by atoms with Crippen LogP contribution in [-0.2, 0) is 4.79 Å². The van der Waals surface area contributed by atoms with Crippen LogP contribution >= 0.6 is 0 Å². The van der Waals surface area contributed by atoms with Crippen LogP contribution in [0.15, 0.2) is 12.7 Å². The molecule has 0 aliphatic carbocycles. The summed E-state index contributed by atoms with van der Waals surface area (Å²) in [6.07, 6.45) is 1.72. The SMILES string of the molecule is C=CCN(CCO)CC(=O)N(C)C. The molecule has 0 heterocycles. The Morgan fingerprint density at radius 3 is 2.54 bits per heavy atom. The van der Waals surface area contributed by atoms with Gasteiger partial charge in [0.1, 0.15) is 0 Å². The van der Waals surface area contributed by atoms with E-state index >= 15 is 0 Å². The maximum Gasteiger partial charge on any atom is 0.236 e. The zero-order valence-electron chi connectivity index (χ0n) is 8.36. The van der Waals surface area contributed by atoms with Crippen LogP contribution in [0.2, 0.25) is 0 Å². The van der Waals surface area contributed by atoms with Crippen molar-refractivity contribution in [3.05, 3.63) is 12.7 Å². The van der Waals surface area contributed by atoms with Crippen LogP contribution < -0.4 is 0 Å². The Morgan fingerprint density at radius 2 is 2.15 bits per heavy atom. The van der Waals surface area contributed by atoms with Crippen molar-refractivity contribution in [3.63, 3.8) is 0 Å². The van der Waals surface area contributed by atoms with Gasteiger partial charge in [-0.1, -0.05) is 6.08 Å². The second kappa shape index (κ2) is 6.62. The molecule has 1 N–H and O–H groups in total. The molecule has 0 saturated carbocycles. The summed E-state index contributed by atoms with van der Waals surface area (Å²) < 4.78 is 0. The Balaban J connectivity index is 3.92. The highest BCUT2D eigenvalue weighted by Gasteiger charge is 2.09. The summed E-state index contributed by atoms with van der Waals surface area (Å²) in [5.74, 6) is 0.0373. The van der Waals surface area contributed by atoms with Crippen LogP contribution in [0.1, 0.15) is 0 Å². The lowest BCUT2D eigenvalue weighted by Crippen LogP contribution is -2.38. The average Bonchev–Trinajstić information content (AvgIpc) is 2.05. The Kier molecular flexibility index (Phi) is 6.18. The number of aliphatic hydroxyl groups excluding tert-OH is 1. The Labute approximate surface area is 79.4 Å². The van der Waals surface area contributed by atoms with Crippen molar-refractivity contribution in [2.75, 3.05) is 40.3 Å². The fourth-order valence-electron chi connectivity index (χ4n) is 0.892. The van der Waals surface area contributed by atoms with E-state index < -0.39 is 0 Å². The second-order valence-electron chi connectivity index (χ2n) is 3.04. The number of carbonyl (C=O) groups excluding carboxylic acids is 1. The number of rotatable bonds is 6. The lowest BCUT2D eigenvalue weighted by atomic mass is 10.4. The van der Waals surface area contributed by atoms with E-state index in [1.54, 1.807) is 20.2 Å². The highest BCUT2D eigenvalue weighted by molar-refractivity contribution is 5.77. The van der Waals surface area contributed by atoms with Gasteiger partial charge < -0.3 is 10.0 Å². The Hall–Kier alpha value is -0.870. The van der Waals surface area contributed by atoms with Crippen molar-refractivity contribution in [2.45, 2.75) is 0 Å². The zero-order chi connectivity index (χ0) is 10.3. The van der Waals surface area contributed by atoms with Gasteiger partial charge in [0.25, 0.3) is 0 Å². The molecule has 4 nitrogen and oxygen atoms in total. The number of amides is 1. The van der Waals surface area contributed by atoms with Gasteiger partial charge in [-0.25, -0.2) is 0 Å². The molecule has 1 amide bonds. The van der Waals surface area contributed by atoms with Gasteiger partial charge in [0.15, 0.2) is 0 Å². The third-order valence-electron chi connectivity index (χ3n) is 1.66. The standard InChI is InChI=1S/C9H18N2O2/c1-4-5-11(6-7-12)8-9(13)10(2)3/h4,12H,1,5-8H2,2-3H3. The topological polar surface area (TPSA) is 43.8 Å². The molecule has 4 heteroatoms. The van der Waals surface area contributed by atoms with Crippen LogP contribution in [0.5, 0.6) is 0 Å². The highest BCUT2D eigenvalue weighted by atomic mass is 16.3. The van der Waals surface area contributed by atoms with E-state index in [-0.39, 0.29) is 12.5 Å². The quantitative estimate of drug-likeness (QED) is 0.572. The first-order valence-electron chi connectivity index (χ1n) is 4.26. The minimum Gasteiger partial charge on any atom is -0.395 e. The molecule has 0 saturated heterocycles. The molecule has 0 bridgehead atoms. The number of aliphatic hydroxyl groups is 1. The predicted molar refractivity (Wildman–Crippen MR) is 52.4 cm³/mol.